The standard InChI is InChI=1S/C16H13BF3N3O3/c18-16(19,20)8-26-15-4-2-10(17(24)25)6-12(15)9-1-3-11-13(21)7-22-23-14(11)5-9/h1-7,24-25H,8H2,(H2,21,23). The Bertz CT molecular complexity index is 951. The molecule has 6 nitrogen and oxygen atoms in total. The van der Waals surface area contributed by atoms with Crippen LogP contribution in [0.5, 0.6) is 5.75 Å². The van der Waals surface area contributed by atoms with E-state index in [4.69, 9.17) is 10.5 Å². The number of ether oxygens (including phenoxy) is 1. The molecule has 0 aliphatic carbocycles. The molecule has 3 rings (SSSR count). The van der Waals surface area contributed by atoms with E-state index in [-0.39, 0.29) is 16.8 Å². The van der Waals surface area contributed by atoms with Crippen molar-refractivity contribution >= 4 is 29.2 Å². The Kier molecular flexibility index (Phi) is 4.70. The Morgan fingerprint density at radius 2 is 1.88 bits per heavy atom. The van der Waals surface area contributed by atoms with Gasteiger partial charge in [0.15, 0.2) is 6.61 Å². The molecule has 1 aromatic heterocycles. The molecule has 0 atom stereocenters. The quantitative estimate of drug-likeness (QED) is 0.608. The van der Waals surface area contributed by atoms with E-state index < -0.39 is 19.9 Å². The summed E-state index contributed by atoms with van der Waals surface area (Å²) in [5.74, 6) is -0.0528. The van der Waals surface area contributed by atoms with Crippen LogP contribution in [0.3, 0.4) is 0 Å². The van der Waals surface area contributed by atoms with Crippen molar-refractivity contribution in [2.75, 3.05) is 12.3 Å². The summed E-state index contributed by atoms with van der Waals surface area (Å²) in [6.45, 7) is -1.47. The molecule has 0 bridgehead atoms. The van der Waals surface area contributed by atoms with Crippen LogP contribution in [0, 0.1) is 0 Å². The highest BCUT2D eigenvalue weighted by Gasteiger charge is 2.29. The van der Waals surface area contributed by atoms with Gasteiger partial charge in [-0.05, 0) is 29.2 Å². The molecular weight excluding hydrogens is 350 g/mol. The monoisotopic (exact) mass is 363 g/mol. The Balaban J connectivity index is 2.10. The fraction of sp³-hybridized carbons (Fsp3) is 0.125. The average Bonchev–Trinajstić information content (AvgIpc) is 2.59. The molecule has 3 aromatic rings. The Morgan fingerprint density at radius 1 is 1.12 bits per heavy atom. The predicted molar refractivity (Wildman–Crippen MR) is 90.8 cm³/mol. The first-order chi connectivity index (χ1) is 12.2. The van der Waals surface area contributed by atoms with Crippen molar-refractivity contribution in [3.8, 4) is 16.9 Å². The lowest BCUT2D eigenvalue weighted by Crippen LogP contribution is -2.30. The number of fused-ring (bicyclic) bond motifs is 1. The molecule has 4 N–H and O–H groups in total. The first kappa shape index (κ1) is 18.0. The fourth-order valence-electron chi connectivity index (χ4n) is 2.47. The summed E-state index contributed by atoms with van der Waals surface area (Å²) in [6.07, 6.45) is -3.11. The van der Waals surface area contributed by atoms with Crippen LogP contribution in [0.15, 0.2) is 42.6 Å². The van der Waals surface area contributed by atoms with Gasteiger partial charge in [-0.15, -0.1) is 0 Å². The lowest BCUT2D eigenvalue weighted by molar-refractivity contribution is -0.153. The van der Waals surface area contributed by atoms with Gasteiger partial charge in [0.1, 0.15) is 5.75 Å². The number of nitrogen functional groups attached to an aromatic ring is 1. The lowest BCUT2D eigenvalue weighted by atomic mass is 9.79. The molecular formula is C16H13BF3N3O3. The van der Waals surface area contributed by atoms with Gasteiger partial charge < -0.3 is 20.5 Å². The molecule has 26 heavy (non-hydrogen) atoms. The summed E-state index contributed by atoms with van der Waals surface area (Å²) >= 11 is 0. The molecule has 1 heterocycles. The minimum absolute atomic E-state index is 0.0528. The van der Waals surface area contributed by atoms with Crippen molar-refractivity contribution in [3.63, 3.8) is 0 Å². The molecule has 0 fully saturated rings. The zero-order valence-electron chi connectivity index (χ0n) is 13.2. The molecule has 0 amide bonds. The van der Waals surface area contributed by atoms with Crippen molar-refractivity contribution in [2.24, 2.45) is 0 Å². The van der Waals surface area contributed by atoms with Crippen LogP contribution in [0.4, 0.5) is 18.9 Å². The van der Waals surface area contributed by atoms with Crippen LogP contribution in [0.2, 0.25) is 0 Å². The van der Waals surface area contributed by atoms with Crippen LogP contribution >= 0.6 is 0 Å². The SMILES string of the molecule is Nc1cnnc2cc(-c3cc(B(O)O)ccc3OCC(F)(F)F)ccc12. The van der Waals surface area contributed by atoms with Crippen LogP contribution in [-0.4, -0.2) is 40.1 Å². The Labute approximate surface area is 146 Å². The van der Waals surface area contributed by atoms with E-state index in [1.807, 2.05) is 0 Å². The number of benzene rings is 2. The highest BCUT2D eigenvalue weighted by molar-refractivity contribution is 6.58. The highest BCUT2D eigenvalue weighted by Crippen LogP contribution is 2.33. The van der Waals surface area contributed by atoms with Crippen molar-refractivity contribution in [1.82, 2.24) is 10.2 Å². The van der Waals surface area contributed by atoms with E-state index >= 15 is 0 Å². The molecule has 0 aliphatic rings. The second-order valence-corrected chi connectivity index (χ2v) is 5.56. The molecule has 2 aromatic carbocycles. The third-order valence-electron chi connectivity index (χ3n) is 3.68. The number of anilines is 1. The van der Waals surface area contributed by atoms with Gasteiger partial charge in [-0.2, -0.15) is 23.4 Å². The summed E-state index contributed by atoms with van der Waals surface area (Å²) in [5, 5.41) is 27.0. The molecule has 0 spiro atoms. The number of halogens is 3. The van der Waals surface area contributed by atoms with Crippen LogP contribution in [-0.2, 0) is 0 Å². The van der Waals surface area contributed by atoms with Gasteiger partial charge in [-0.25, -0.2) is 0 Å². The molecule has 0 unspecified atom stereocenters. The van der Waals surface area contributed by atoms with E-state index in [1.54, 1.807) is 18.2 Å². The van der Waals surface area contributed by atoms with Gasteiger partial charge in [0.2, 0.25) is 0 Å². The van der Waals surface area contributed by atoms with E-state index in [0.29, 0.717) is 22.2 Å². The molecule has 0 saturated carbocycles. The summed E-state index contributed by atoms with van der Waals surface area (Å²) in [4.78, 5) is 0. The highest BCUT2D eigenvalue weighted by atomic mass is 19.4. The number of hydrogen-bond acceptors (Lipinski definition) is 6. The van der Waals surface area contributed by atoms with E-state index in [0.717, 1.165) is 0 Å². The topological polar surface area (TPSA) is 101 Å². The average molecular weight is 363 g/mol. The predicted octanol–water partition coefficient (Wildman–Crippen LogP) is 1.50. The van der Waals surface area contributed by atoms with Gasteiger partial charge in [-0.3, -0.25) is 0 Å². The molecule has 134 valence electrons. The van der Waals surface area contributed by atoms with E-state index in [2.05, 4.69) is 10.2 Å². The molecule has 0 saturated heterocycles. The maximum absolute atomic E-state index is 12.5. The van der Waals surface area contributed by atoms with E-state index in [9.17, 15) is 23.2 Å². The Hall–Kier alpha value is -2.85. The molecule has 0 radical (unpaired) electrons. The summed E-state index contributed by atoms with van der Waals surface area (Å²) in [6, 6.07) is 8.75. The van der Waals surface area contributed by atoms with Crippen LogP contribution in [0.25, 0.3) is 22.0 Å². The second kappa shape index (κ2) is 6.81. The maximum Gasteiger partial charge on any atom is 0.488 e. The van der Waals surface area contributed by atoms with Crippen LogP contribution in [0.1, 0.15) is 0 Å². The third kappa shape index (κ3) is 3.86. The first-order valence-corrected chi connectivity index (χ1v) is 7.45. The number of alkyl halides is 3. The van der Waals surface area contributed by atoms with Gasteiger partial charge in [-0.1, -0.05) is 18.2 Å². The number of nitrogens with zero attached hydrogens (tertiary/aromatic N) is 2. The normalized spacial score (nSPS) is 11.6. The van der Waals surface area contributed by atoms with Crippen molar-refractivity contribution in [1.29, 1.82) is 0 Å². The summed E-state index contributed by atoms with van der Waals surface area (Å²) < 4.78 is 42.4. The van der Waals surface area contributed by atoms with E-state index in [1.165, 1.54) is 24.4 Å². The smallest absolute Gasteiger partial charge is 0.483 e. The van der Waals surface area contributed by atoms with Crippen LogP contribution < -0.4 is 15.9 Å². The number of nitrogens with two attached hydrogens (primary N) is 1. The van der Waals surface area contributed by atoms with Crippen molar-refractivity contribution < 1.29 is 28.0 Å². The fourth-order valence-corrected chi connectivity index (χ4v) is 2.47. The summed E-state index contributed by atoms with van der Waals surface area (Å²) in [7, 11) is -1.78. The number of aromatic nitrogens is 2. The molecule has 0 aliphatic heterocycles. The largest absolute Gasteiger partial charge is 0.488 e. The van der Waals surface area contributed by atoms with Crippen molar-refractivity contribution in [2.45, 2.75) is 6.18 Å². The number of rotatable bonds is 4. The first-order valence-electron chi connectivity index (χ1n) is 7.45. The lowest BCUT2D eigenvalue weighted by Gasteiger charge is -2.15. The minimum atomic E-state index is -4.50. The zero-order valence-corrected chi connectivity index (χ0v) is 13.2. The van der Waals surface area contributed by atoms with Gasteiger partial charge >= 0.3 is 13.3 Å². The minimum Gasteiger partial charge on any atom is -0.483 e. The van der Waals surface area contributed by atoms with Gasteiger partial charge in [0, 0.05) is 10.9 Å². The number of hydrogen-bond donors (Lipinski definition) is 3. The maximum atomic E-state index is 12.5. The van der Waals surface area contributed by atoms with Crippen molar-refractivity contribution in [3.05, 3.63) is 42.6 Å². The second-order valence-electron chi connectivity index (χ2n) is 5.56. The summed E-state index contributed by atoms with van der Waals surface area (Å²) in [5.41, 5.74) is 7.51. The zero-order chi connectivity index (χ0) is 18.9. The Morgan fingerprint density at radius 3 is 2.58 bits per heavy atom. The molecule has 10 heteroatoms. The van der Waals surface area contributed by atoms with Gasteiger partial charge in [0.25, 0.3) is 0 Å². The third-order valence-corrected chi connectivity index (χ3v) is 3.68. The van der Waals surface area contributed by atoms with Gasteiger partial charge in [0.05, 0.1) is 17.4 Å².